The lowest BCUT2D eigenvalue weighted by molar-refractivity contribution is -0.139. The Kier molecular flexibility index (Phi) is 6.91. The van der Waals surface area contributed by atoms with Crippen LogP contribution in [-0.2, 0) is 4.79 Å². The smallest absolute Gasteiger partial charge is 0.326 e. The summed E-state index contributed by atoms with van der Waals surface area (Å²) in [6.45, 7) is 6.06. The highest BCUT2D eigenvalue weighted by Crippen LogP contribution is 2.29. The van der Waals surface area contributed by atoms with Gasteiger partial charge >= 0.3 is 5.97 Å². The fourth-order valence-corrected chi connectivity index (χ4v) is 3.28. The third kappa shape index (κ3) is 4.92. The van der Waals surface area contributed by atoms with Gasteiger partial charge in [-0.05, 0) is 51.5 Å². The van der Waals surface area contributed by atoms with Crippen molar-refractivity contribution in [1.82, 2.24) is 10.3 Å². The normalized spacial score (nSPS) is 12.1. The highest BCUT2D eigenvalue weighted by atomic mass is 32.1. The van der Waals surface area contributed by atoms with E-state index in [2.05, 4.69) is 10.3 Å². The first-order chi connectivity index (χ1) is 12.5. The van der Waals surface area contributed by atoms with Crippen molar-refractivity contribution in [2.75, 3.05) is 6.61 Å². The summed E-state index contributed by atoms with van der Waals surface area (Å²) in [4.78, 5) is 28.6. The van der Waals surface area contributed by atoms with Crippen LogP contribution >= 0.6 is 11.3 Å². The number of thiazole rings is 1. The first kappa shape index (κ1) is 19.7. The molecule has 0 fully saturated rings. The van der Waals surface area contributed by atoms with Gasteiger partial charge in [-0.2, -0.15) is 0 Å². The molecule has 6 nitrogen and oxygen atoms in total. The number of amides is 1. The number of hydrogen-bond donors (Lipinski definition) is 2. The monoisotopic (exact) mass is 374 g/mol. The van der Waals surface area contributed by atoms with Crippen LogP contribution in [0.2, 0.25) is 0 Å². The van der Waals surface area contributed by atoms with Crippen LogP contribution in [0.1, 0.15) is 35.6 Å². The zero-order valence-electron chi connectivity index (χ0n) is 15.0. The highest BCUT2D eigenvalue weighted by molar-refractivity contribution is 7.17. The van der Waals surface area contributed by atoms with Gasteiger partial charge in [0.15, 0.2) is 0 Å². The maximum atomic E-state index is 12.5. The topological polar surface area (TPSA) is 88.5 Å². The van der Waals surface area contributed by atoms with Gasteiger partial charge in [-0.3, -0.25) is 4.79 Å². The molecule has 1 heterocycles. The van der Waals surface area contributed by atoms with Crippen molar-refractivity contribution in [3.05, 3.63) is 47.0 Å². The average molecular weight is 374 g/mol. The number of nitrogens with zero attached hydrogens (tertiary/aromatic N) is 1. The van der Waals surface area contributed by atoms with Crippen molar-refractivity contribution in [3.63, 3.8) is 0 Å². The van der Waals surface area contributed by atoms with E-state index in [1.807, 2.05) is 31.2 Å². The molecule has 26 heavy (non-hydrogen) atoms. The maximum Gasteiger partial charge on any atom is 0.326 e. The summed E-state index contributed by atoms with van der Waals surface area (Å²) in [6.07, 6.45) is 3.70. The number of carbonyl (C=O) groups excluding carboxylic acids is 1. The summed E-state index contributed by atoms with van der Waals surface area (Å²) < 4.78 is 5.42. The summed E-state index contributed by atoms with van der Waals surface area (Å²) in [7, 11) is 0. The minimum atomic E-state index is -1.06. The second-order valence-electron chi connectivity index (χ2n) is 5.56. The van der Waals surface area contributed by atoms with Crippen molar-refractivity contribution in [2.45, 2.75) is 33.2 Å². The van der Waals surface area contributed by atoms with Crippen molar-refractivity contribution in [1.29, 1.82) is 0 Å². The maximum absolute atomic E-state index is 12.5. The fraction of sp³-hybridized carbons (Fsp3) is 0.316. The summed E-state index contributed by atoms with van der Waals surface area (Å²) in [6, 6.07) is 6.52. The van der Waals surface area contributed by atoms with E-state index in [-0.39, 0.29) is 6.42 Å². The molecular weight excluding hydrogens is 352 g/mol. The molecule has 2 rings (SSSR count). The molecule has 0 aliphatic carbocycles. The van der Waals surface area contributed by atoms with Gasteiger partial charge in [0, 0.05) is 5.56 Å². The Morgan fingerprint density at radius 3 is 2.62 bits per heavy atom. The minimum absolute atomic E-state index is 0.237. The summed E-state index contributed by atoms with van der Waals surface area (Å²) in [5.41, 5.74) is 1.45. The van der Waals surface area contributed by atoms with E-state index in [1.54, 1.807) is 26.0 Å². The van der Waals surface area contributed by atoms with Crippen molar-refractivity contribution in [3.8, 4) is 16.3 Å². The third-order valence-electron chi connectivity index (χ3n) is 3.63. The van der Waals surface area contributed by atoms with Crippen LogP contribution in [0.3, 0.4) is 0 Å². The van der Waals surface area contributed by atoms with E-state index >= 15 is 0 Å². The minimum Gasteiger partial charge on any atom is -0.494 e. The molecule has 1 atom stereocenters. The lowest BCUT2D eigenvalue weighted by Crippen LogP contribution is -2.40. The van der Waals surface area contributed by atoms with Crippen LogP contribution in [-0.4, -0.2) is 34.6 Å². The average Bonchev–Trinajstić information content (AvgIpc) is 3.01. The van der Waals surface area contributed by atoms with Gasteiger partial charge < -0.3 is 15.2 Å². The van der Waals surface area contributed by atoms with Gasteiger partial charge in [-0.25, -0.2) is 9.78 Å². The Labute approximate surface area is 156 Å². The van der Waals surface area contributed by atoms with Gasteiger partial charge in [0.1, 0.15) is 21.7 Å². The Balaban J connectivity index is 2.18. The number of aromatic nitrogens is 1. The second kappa shape index (κ2) is 9.15. The second-order valence-corrected chi connectivity index (χ2v) is 6.56. The number of ether oxygens (including phenoxy) is 1. The molecule has 0 saturated carbocycles. The van der Waals surface area contributed by atoms with Gasteiger partial charge in [-0.15, -0.1) is 11.3 Å². The molecular formula is C19H22N2O4S. The number of hydrogen-bond acceptors (Lipinski definition) is 5. The summed E-state index contributed by atoms with van der Waals surface area (Å²) in [5.74, 6) is -0.713. The summed E-state index contributed by atoms with van der Waals surface area (Å²) in [5, 5.41) is 12.5. The number of carboxylic acids is 1. The number of benzene rings is 1. The van der Waals surface area contributed by atoms with E-state index in [0.717, 1.165) is 11.3 Å². The van der Waals surface area contributed by atoms with Crippen LogP contribution in [0.15, 0.2) is 36.4 Å². The number of aryl methyl sites for hydroxylation is 1. The Morgan fingerprint density at radius 2 is 2.04 bits per heavy atom. The number of allylic oxidation sites excluding steroid dienone is 1. The predicted octanol–water partition coefficient (Wildman–Crippen LogP) is 3.67. The van der Waals surface area contributed by atoms with Crippen LogP contribution in [0.5, 0.6) is 5.75 Å². The fourth-order valence-electron chi connectivity index (χ4n) is 2.31. The Bertz CT molecular complexity index is 796. The lowest BCUT2D eigenvalue weighted by Gasteiger charge is -2.11. The molecule has 0 bridgehead atoms. The standard InChI is InChI=1S/C19H22N2O4S/c1-4-6-7-15(19(23)24)21-17(22)16-12(3)20-18(26-16)13-8-10-14(11-9-13)25-5-2/h4,6,8-11,15H,5,7H2,1-3H3,(H,21,22)(H,23,24)/b6-4+. The molecule has 0 saturated heterocycles. The molecule has 0 radical (unpaired) electrons. The molecule has 7 heteroatoms. The molecule has 1 amide bonds. The van der Waals surface area contributed by atoms with Crippen molar-refractivity contribution >= 4 is 23.2 Å². The number of aliphatic carboxylic acids is 1. The predicted molar refractivity (Wildman–Crippen MR) is 102 cm³/mol. The molecule has 2 N–H and O–H groups in total. The number of carboxylic acid groups (broad SMARTS) is 1. The van der Waals surface area contributed by atoms with E-state index in [9.17, 15) is 14.7 Å². The van der Waals surface area contributed by atoms with E-state index < -0.39 is 17.9 Å². The molecule has 1 unspecified atom stereocenters. The quantitative estimate of drug-likeness (QED) is 0.688. The number of carbonyl (C=O) groups is 2. The largest absolute Gasteiger partial charge is 0.494 e. The SMILES string of the molecule is C/C=C/CC(NC(=O)c1sc(-c2ccc(OCC)cc2)nc1C)C(=O)O. The van der Waals surface area contributed by atoms with Gasteiger partial charge in [-0.1, -0.05) is 12.2 Å². The van der Waals surface area contributed by atoms with Crippen LogP contribution < -0.4 is 10.1 Å². The molecule has 0 spiro atoms. The molecule has 1 aromatic heterocycles. The van der Waals surface area contributed by atoms with Gasteiger partial charge in [0.2, 0.25) is 0 Å². The van der Waals surface area contributed by atoms with Crippen LogP contribution in [0, 0.1) is 6.92 Å². The molecule has 0 aliphatic rings. The van der Waals surface area contributed by atoms with E-state index in [4.69, 9.17) is 4.74 Å². The lowest BCUT2D eigenvalue weighted by atomic mass is 10.2. The van der Waals surface area contributed by atoms with Gasteiger partial charge in [0.05, 0.1) is 12.3 Å². The Hall–Kier alpha value is -2.67. The van der Waals surface area contributed by atoms with E-state index in [0.29, 0.717) is 22.2 Å². The molecule has 138 valence electrons. The molecule has 1 aromatic carbocycles. The van der Waals surface area contributed by atoms with Crippen LogP contribution in [0.25, 0.3) is 10.6 Å². The molecule has 0 aliphatic heterocycles. The van der Waals surface area contributed by atoms with Crippen LogP contribution in [0.4, 0.5) is 0 Å². The first-order valence-corrected chi connectivity index (χ1v) is 9.13. The summed E-state index contributed by atoms with van der Waals surface area (Å²) >= 11 is 1.24. The van der Waals surface area contributed by atoms with Gasteiger partial charge in [0.25, 0.3) is 5.91 Å². The van der Waals surface area contributed by atoms with E-state index in [1.165, 1.54) is 11.3 Å². The van der Waals surface area contributed by atoms with Crippen molar-refractivity contribution < 1.29 is 19.4 Å². The highest BCUT2D eigenvalue weighted by Gasteiger charge is 2.22. The number of nitrogens with one attached hydrogen (secondary N) is 1. The molecule has 2 aromatic rings. The van der Waals surface area contributed by atoms with Crippen molar-refractivity contribution in [2.24, 2.45) is 0 Å². The Morgan fingerprint density at radius 1 is 1.35 bits per heavy atom. The first-order valence-electron chi connectivity index (χ1n) is 8.31. The zero-order chi connectivity index (χ0) is 19.1. The number of rotatable bonds is 8. The zero-order valence-corrected chi connectivity index (χ0v) is 15.8. The third-order valence-corrected chi connectivity index (χ3v) is 4.83.